The molecule has 0 spiro atoms. The minimum absolute atomic E-state index is 0.182. The summed E-state index contributed by atoms with van der Waals surface area (Å²) in [6.07, 6.45) is 0. The van der Waals surface area contributed by atoms with E-state index >= 15 is 0 Å². The van der Waals surface area contributed by atoms with Crippen LogP contribution in [0.2, 0.25) is 5.02 Å². The minimum atomic E-state index is -0.344. The summed E-state index contributed by atoms with van der Waals surface area (Å²) in [4.78, 5) is 11.8. The van der Waals surface area contributed by atoms with Crippen molar-refractivity contribution in [2.75, 3.05) is 11.9 Å². The van der Waals surface area contributed by atoms with Crippen LogP contribution in [0.3, 0.4) is 0 Å². The van der Waals surface area contributed by atoms with Gasteiger partial charge in [0.1, 0.15) is 11.6 Å². The number of carbonyl (C=O) groups is 1. The van der Waals surface area contributed by atoms with Crippen molar-refractivity contribution in [1.29, 1.82) is 0 Å². The molecule has 0 fully saturated rings. The molecule has 0 aliphatic carbocycles. The van der Waals surface area contributed by atoms with Gasteiger partial charge in [-0.3, -0.25) is 4.79 Å². The molecule has 0 unspecified atom stereocenters. The van der Waals surface area contributed by atoms with Crippen LogP contribution < -0.4 is 10.1 Å². The molecule has 2 aromatic rings. The third kappa shape index (κ3) is 4.44. The average Bonchev–Trinajstić information content (AvgIpc) is 2.41. The molecule has 3 nitrogen and oxygen atoms in total. The van der Waals surface area contributed by atoms with Gasteiger partial charge in [0.2, 0.25) is 0 Å². The fourth-order valence-electron chi connectivity index (χ4n) is 1.69. The van der Waals surface area contributed by atoms with Crippen LogP contribution in [0.1, 0.15) is 5.56 Å². The number of aryl methyl sites for hydroxylation is 1. The van der Waals surface area contributed by atoms with E-state index in [9.17, 15) is 9.18 Å². The zero-order valence-corrected chi connectivity index (χ0v) is 13.5. The van der Waals surface area contributed by atoms with Crippen molar-refractivity contribution in [1.82, 2.24) is 0 Å². The maximum absolute atomic E-state index is 13.0. The SMILES string of the molecule is Cc1cc(F)ccc1NC(=O)COc1ccc(Br)cc1Cl. The highest BCUT2D eigenvalue weighted by atomic mass is 79.9. The van der Waals surface area contributed by atoms with Crippen molar-refractivity contribution in [2.24, 2.45) is 0 Å². The lowest BCUT2D eigenvalue weighted by Crippen LogP contribution is -2.20. The summed E-state index contributed by atoms with van der Waals surface area (Å²) in [6, 6.07) is 9.26. The number of anilines is 1. The van der Waals surface area contributed by atoms with Crippen molar-refractivity contribution in [3.63, 3.8) is 0 Å². The fourth-order valence-corrected chi connectivity index (χ4v) is 2.42. The number of hydrogen-bond donors (Lipinski definition) is 1. The van der Waals surface area contributed by atoms with Crippen LogP contribution in [0.4, 0.5) is 10.1 Å². The molecule has 0 radical (unpaired) electrons. The molecular weight excluding hydrogens is 361 g/mol. The molecule has 2 rings (SSSR count). The monoisotopic (exact) mass is 371 g/mol. The fraction of sp³-hybridized carbons (Fsp3) is 0.133. The Morgan fingerprint density at radius 3 is 2.76 bits per heavy atom. The van der Waals surface area contributed by atoms with Gasteiger partial charge in [0.25, 0.3) is 5.91 Å². The number of nitrogens with one attached hydrogen (secondary N) is 1. The first-order chi connectivity index (χ1) is 9.95. The smallest absolute Gasteiger partial charge is 0.262 e. The topological polar surface area (TPSA) is 38.3 Å². The van der Waals surface area contributed by atoms with Gasteiger partial charge in [-0.2, -0.15) is 0 Å². The zero-order chi connectivity index (χ0) is 15.4. The Morgan fingerprint density at radius 1 is 1.33 bits per heavy atom. The molecule has 0 saturated carbocycles. The van der Waals surface area contributed by atoms with Gasteiger partial charge >= 0.3 is 0 Å². The maximum atomic E-state index is 13.0. The van der Waals surface area contributed by atoms with Gasteiger partial charge in [-0.25, -0.2) is 4.39 Å². The molecule has 21 heavy (non-hydrogen) atoms. The molecule has 6 heteroatoms. The van der Waals surface area contributed by atoms with Crippen LogP contribution >= 0.6 is 27.5 Å². The van der Waals surface area contributed by atoms with Crippen LogP contribution in [0.5, 0.6) is 5.75 Å². The number of halogens is 3. The highest BCUT2D eigenvalue weighted by Crippen LogP contribution is 2.27. The third-order valence-electron chi connectivity index (χ3n) is 2.72. The van der Waals surface area contributed by atoms with Crippen molar-refractivity contribution >= 4 is 39.1 Å². The van der Waals surface area contributed by atoms with Gasteiger partial charge in [-0.1, -0.05) is 27.5 Å². The summed E-state index contributed by atoms with van der Waals surface area (Å²) < 4.78 is 19.2. The van der Waals surface area contributed by atoms with Crippen molar-refractivity contribution in [2.45, 2.75) is 6.92 Å². The summed E-state index contributed by atoms with van der Waals surface area (Å²) in [7, 11) is 0. The number of rotatable bonds is 4. The number of carbonyl (C=O) groups excluding carboxylic acids is 1. The van der Waals surface area contributed by atoms with E-state index in [1.807, 2.05) is 0 Å². The van der Waals surface area contributed by atoms with Gasteiger partial charge in [-0.15, -0.1) is 0 Å². The van der Waals surface area contributed by atoms with E-state index in [0.29, 0.717) is 22.0 Å². The molecule has 0 bridgehead atoms. The number of benzene rings is 2. The van der Waals surface area contributed by atoms with Gasteiger partial charge in [0.15, 0.2) is 6.61 Å². The summed E-state index contributed by atoms with van der Waals surface area (Å²) >= 11 is 9.27. The highest BCUT2D eigenvalue weighted by Gasteiger charge is 2.08. The molecule has 0 aliphatic heterocycles. The quantitative estimate of drug-likeness (QED) is 0.854. The molecule has 0 saturated heterocycles. The average molecular weight is 373 g/mol. The van der Waals surface area contributed by atoms with Gasteiger partial charge in [0.05, 0.1) is 5.02 Å². The van der Waals surface area contributed by atoms with Gasteiger partial charge in [0, 0.05) is 10.2 Å². The van der Waals surface area contributed by atoms with E-state index in [2.05, 4.69) is 21.2 Å². The first kappa shape index (κ1) is 15.8. The molecule has 0 aliphatic rings. The Hall–Kier alpha value is -1.59. The number of ether oxygens (including phenoxy) is 1. The second-order valence-electron chi connectivity index (χ2n) is 4.37. The molecule has 0 aromatic heterocycles. The Morgan fingerprint density at radius 2 is 2.10 bits per heavy atom. The van der Waals surface area contributed by atoms with Crippen LogP contribution in [-0.4, -0.2) is 12.5 Å². The summed E-state index contributed by atoms with van der Waals surface area (Å²) in [5.74, 6) is -0.266. The lowest BCUT2D eigenvalue weighted by molar-refractivity contribution is -0.118. The molecule has 2 aromatic carbocycles. The Bertz CT molecular complexity index is 679. The summed E-state index contributed by atoms with van der Waals surface area (Å²) in [6.45, 7) is 1.53. The van der Waals surface area contributed by atoms with E-state index in [1.165, 1.54) is 18.2 Å². The zero-order valence-electron chi connectivity index (χ0n) is 11.1. The predicted molar refractivity (Wildman–Crippen MR) is 84.4 cm³/mol. The summed E-state index contributed by atoms with van der Waals surface area (Å²) in [5.41, 5.74) is 1.19. The van der Waals surface area contributed by atoms with Crippen molar-refractivity contribution in [3.8, 4) is 5.75 Å². The van der Waals surface area contributed by atoms with E-state index in [1.54, 1.807) is 25.1 Å². The van der Waals surface area contributed by atoms with E-state index in [0.717, 1.165) is 4.47 Å². The maximum Gasteiger partial charge on any atom is 0.262 e. The van der Waals surface area contributed by atoms with Gasteiger partial charge < -0.3 is 10.1 Å². The first-order valence-electron chi connectivity index (χ1n) is 6.09. The lowest BCUT2D eigenvalue weighted by atomic mass is 10.2. The molecule has 1 amide bonds. The molecule has 0 atom stereocenters. The van der Waals surface area contributed by atoms with Crippen LogP contribution in [0.25, 0.3) is 0 Å². The second kappa shape index (κ2) is 6.91. The molecule has 0 heterocycles. The number of hydrogen-bond acceptors (Lipinski definition) is 2. The standard InChI is InChI=1S/C15H12BrClFNO2/c1-9-6-11(18)3-4-13(9)19-15(20)8-21-14-5-2-10(16)7-12(14)17/h2-7H,8H2,1H3,(H,19,20). The largest absolute Gasteiger partial charge is 0.482 e. The lowest BCUT2D eigenvalue weighted by Gasteiger charge is -2.10. The molecule has 1 N–H and O–H groups in total. The van der Waals surface area contributed by atoms with E-state index in [-0.39, 0.29) is 18.3 Å². The van der Waals surface area contributed by atoms with Gasteiger partial charge in [-0.05, 0) is 48.9 Å². The van der Waals surface area contributed by atoms with Crippen LogP contribution in [0, 0.1) is 12.7 Å². The van der Waals surface area contributed by atoms with Crippen LogP contribution in [-0.2, 0) is 4.79 Å². The van der Waals surface area contributed by atoms with Crippen molar-refractivity contribution < 1.29 is 13.9 Å². The third-order valence-corrected chi connectivity index (χ3v) is 3.50. The van der Waals surface area contributed by atoms with Crippen LogP contribution in [0.15, 0.2) is 40.9 Å². The summed E-state index contributed by atoms with van der Waals surface area (Å²) in [5, 5.41) is 3.07. The van der Waals surface area contributed by atoms with Crippen molar-refractivity contribution in [3.05, 3.63) is 57.3 Å². The van der Waals surface area contributed by atoms with E-state index in [4.69, 9.17) is 16.3 Å². The Balaban J connectivity index is 1.96. The first-order valence-corrected chi connectivity index (χ1v) is 7.26. The Kier molecular flexibility index (Phi) is 5.20. The second-order valence-corrected chi connectivity index (χ2v) is 5.69. The minimum Gasteiger partial charge on any atom is -0.482 e. The predicted octanol–water partition coefficient (Wildman–Crippen LogP) is 4.57. The number of amides is 1. The molecule has 110 valence electrons. The molecular formula is C15H12BrClFNO2. The van der Waals surface area contributed by atoms with E-state index < -0.39 is 0 Å². The normalized spacial score (nSPS) is 10.3. The highest BCUT2D eigenvalue weighted by molar-refractivity contribution is 9.10. The Labute approximate surface area is 135 Å².